The van der Waals surface area contributed by atoms with Gasteiger partial charge in [-0.05, 0) is 30.7 Å². The fraction of sp³-hybridized carbons (Fsp3) is 0.250. The van der Waals surface area contributed by atoms with Crippen LogP contribution in [-0.4, -0.2) is 39.6 Å². The van der Waals surface area contributed by atoms with Gasteiger partial charge in [0.05, 0.1) is 35.6 Å². The van der Waals surface area contributed by atoms with Crippen molar-refractivity contribution in [1.29, 1.82) is 0 Å². The van der Waals surface area contributed by atoms with Gasteiger partial charge < -0.3 is 14.7 Å². The summed E-state index contributed by atoms with van der Waals surface area (Å²) in [5.41, 5.74) is 4.05. The Morgan fingerprint density at radius 3 is 2.93 bits per heavy atom. The number of fused-ring (bicyclic) bond motifs is 2. The number of carboxylic acids is 1. The molecule has 0 amide bonds. The van der Waals surface area contributed by atoms with Crippen LogP contribution in [0.25, 0.3) is 17.1 Å². The van der Waals surface area contributed by atoms with Gasteiger partial charge in [-0.25, -0.2) is 4.79 Å². The molecule has 7 nitrogen and oxygen atoms in total. The third-order valence-electron chi connectivity index (χ3n) is 4.87. The van der Waals surface area contributed by atoms with Crippen LogP contribution in [0.5, 0.6) is 5.75 Å². The van der Waals surface area contributed by atoms with Crippen molar-refractivity contribution in [3.05, 3.63) is 47.5 Å². The van der Waals surface area contributed by atoms with Crippen molar-refractivity contribution in [2.75, 3.05) is 12.0 Å². The van der Waals surface area contributed by atoms with Gasteiger partial charge in [-0.15, -0.1) is 5.10 Å². The van der Waals surface area contributed by atoms with Gasteiger partial charge in [0.2, 0.25) is 0 Å². The summed E-state index contributed by atoms with van der Waals surface area (Å²) in [5.74, 6) is -0.340. The van der Waals surface area contributed by atoms with Crippen LogP contribution in [0.1, 0.15) is 35.7 Å². The molecule has 0 fully saturated rings. The molecule has 0 aliphatic carbocycles. The number of hydrogen-bond acceptors (Lipinski definition) is 5. The average molecular weight is 364 g/mol. The zero-order valence-corrected chi connectivity index (χ0v) is 15.1. The predicted octanol–water partition coefficient (Wildman–Crippen LogP) is 4.00. The molecule has 27 heavy (non-hydrogen) atoms. The molecule has 2 aromatic carbocycles. The summed E-state index contributed by atoms with van der Waals surface area (Å²) in [7, 11) is 1.60. The normalized spacial score (nSPS) is 15.8. The van der Waals surface area contributed by atoms with E-state index in [2.05, 4.69) is 33.3 Å². The molecule has 1 aliphatic heterocycles. The highest BCUT2D eigenvalue weighted by molar-refractivity contribution is 6.00. The van der Waals surface area contributed by atoms with Crippen molar-refractivity contribution in [1.82, 2.24) is 15.4 Å². The molecule has 7 heteroatoms. The molecular weight excluding hydrogens is 344 g/mol. The highest BCUT2D eigenvalue weighted by Crippen LogP contribution is 2.45. The lowest BCUT2D eigenvalue weighted by Crippen LogP contribution is -2.33. The second-order valence-electron chi connectivity index (χ2n) is 6.45. The first-order valence-corrected chi connectivity index (χ1v) is 8.87. The van der Waals surface area contributed by atoms with E-state index in [1.165, 1.54) is 0 Å². The van der Waals surface area contributed by atoms with Crippen LogP contribution >= 0.6 is 0 Å². The first kappa shape index (κ1) is 17.1. The van der Waals surface area contributed by atoms with Crippen LogP contribution in [0.2, 0.25) is 0 Å². The molecule has 2 heterocycles. The van der Waals surface area contributed by atoms with E-state index >= 15 is 0 Å². The summed E-state index contributed by atoms with van der Waals surface area (Å²) in [5, 5.41) is 20.7. The Kier molecular flexibility index (Phi) is 4.27. The van der Waals surface area contributed by atoms with Gasteiger partial charge in [0, 0.05) is 5.56 Å². The molecule has 0 bridgehead atoms. The van der Waals surface area contributed by atoms with Crippen molar-refractivity contribution in [2.24, 2.45) is 0 Å². The topological polar surface area (TPSA) is 91.3 Å². The van der Waals surface area contributed by atoms with Crippen LogP contribution in [0.15, 0.2) is 36.4 Å². The maximum Gasteiger partial charge on any atom is 0.336 e. The number of nitrogens with one attached hydrogen (secondary N) is 1. The van der Waals surface area contributed by atoms with E-state index in [4.69, 9.17) is 4.74 Å². The molecule has 4 rings (SSSR count). The Hall–Kier alpha value is -3.35. The van der Waals surface area contributed by atoms with E-state index < -0.39 is 5.97 Å². The third-order valence-corrected chi connectivity index (χ3v) is 4.87. The SMILES string of the molecule is CCCC1C=Cc2c(C(=O)O)ccc(OC)c2N1c1cccc2[nH]nnc12. The van der Waals surface area contributed by atoms with E-state index in [1.54, 1.807) is 19.2 Å². The van der Waals surface area contributed by atoms with E-state index in [0.29, 0.717) is 11.3 Å². The highest BCUT2D eigenvalue weighted by atomic mass is 16.5. The molecule has 0 saturated heterocycles. The smallest absolute Gasteiger partial charge is 0.336 e. The monoisotopic (exact) mass is 364 g/mol. The number of anilines is 2. The molecule has 3 aromatic rings. The van der Waals surface area contributed by atoms with Crippen molar-refractivity contribution in [2.45, 2.75) is 25.8 Å². The van der Waals surface area contributed by atoms with Crippen LogP contribution in [0, 0.1) is 0 Å². The number of H-pyrrole nitrogens is 1. The lowest BCUT2D eigenvalue weighted by Gasteiger charge is -2.37. The highest BCUT2D eigenvalue weighted by Gasteiger charge is 2.31. The molecule has 0 spiro atoms. The second-order valence-corrected chi connectivity index (χ2v) is 6.45. The molecule has 1 unspecified atom stereocenters. The largest absolute Gasteiger partial charge is 0.495 e. The van der Waals surface area contributed by atoms with Crippen molar-refractivity contribution in [3.8, 4) is 5.75 Å². The molecular formula is C20H20N4O3. The number of aromatic carboxylic acids is 1. The number of carbonyl (C=O) groups is 1. The lowest BCUT2D eigenvalue weighted by atomic mass is 9.94. The number of hydrogen-bond donors (Lipinski definition) is 2. The Morgan fingerprint density at radius 2 is 2.19 bits per heavy atom. The van der Waals surface area contributed by atoms with E-state index in [0.717, 1.165) is 35.2 Å². The first-order valence-electron chi connectivity index (χ1n) is 8.87. The molecule has 1 aliphatic rings. The number of aromatic nitrogens is 3. The van der Waals surface area contributed by atoms with Crippen molar-refractivity contribution >= 4 is 34.5 Å². The summed E-state index contributed by atoms with van der Waals surface area (Å²) in [6.07, 6.45) is 5.83. The number of benzene rings is 2. The molecule has 0 saturated carbocycles. The molecule has 1 atom stereocenters. The van der Waals surface area contributed by atoms with E-state index in [1.807, 2.05) is 24.3 Å². The molecule has 2 N–H and O–H groups in total. The van der Waals surface area contributed by atoms with Gasteiger partial charge >= 0.3 is 5.97 Å². The van der Waals surface area contributed by atoms with Gasteiger partial charge in [0.1, 0.15) is 11.3 Å². The Labute approximate surface area is 156 Å². The van der Waals surface area contributed by atoms with Gasteiger partial charge in [0.15, 0.2) is 0 Å². The maximum absolute atomic E-state index is 11.8. The third kappa shape index (κ3) is 2.71. The van der Waals surface area contributed by atoms with Crippen LogP contribution in [0.3, 0.4) is 0 Å². The number of ether oxygens (including phenoxy) is 1. The number of nitrogens with zero attached hydrogens (tertiary/aromatic N) is 3. The van der Waals surface area contributed by atoms with Crippen LogP contribution in [-0.2, 0) is 0 Å². The van der Waals surface area contributed by atoms with Crippen molar-refractivity contribution in [3.63, 3.8) is 0 Å². The van der Waals surface area contributed by atoms with E-state index in [9.17, 15) is 9.90 Å². The Morgan fingerprint density at radius 1 is 1.33 bits per heavy atom. The predicted molar refractivity (Wildman–Crippen MR) is 104 cm³/mol. The Balaban J connectivity index is 2.02. The standard InChI is InChI=1S/C20H20N4O3/c1-3-5-12-8-9-13-14(20(25)26)10-11-17(27-2)19(13)24(12)16-7-4-6-15-18(16)22-23-21-15/h4,6-12H,3,5H2,1-2H3,(H,25,26)(H,21,22,23). The lowest BCUT2D eigenvalue weighted by molar-refractivity contribution is 0.0696. The first-order chi connectivity index (χ1) is 13.2. The molecule has 1 aromatic heterocycles. The zero-order chi connectivity index (χ0) is 19.0. The number of aromatic amines is 1. The fourth-order valence-electron chi connectivity index (χ4n) is 3.69. The fourth-order valence-corrected chi connectivity index (χ4v) is 3.69. The van der Waals surface area contributed by atoms with Gasteiger partial charge in [-0.3, -0.25) is 5.10 Å². The number of rotatable bonds is 5. The van der Waals surface area contributed by atoms with Gasteiger partial charge in [0.25, 0.3) is 0 Å². The summed E-state index contributed by atoms with van der Waals surface area (Å²) in [4.78, 5) is 13.9. The maximum atomic E-state index is 11.8. The second kappa shape index (κ2) is 6.75. The minimum Gasteiger partial charge on any atom is -0.495 e. The quantitative estimate of drug-likeness (QED) is 0.711. The molecule has 138 valence electrons. The van der Waals surface area contributed by atoms with Crippen molar-refractivity contribution < 1.29 is 14.6 Å². The average Bonchev–Trinajstić information content (AvgIpc) is 3.16. The zero-order valence-electron chi connectivity index (χ0n) is 15.1. The summed E-state index contributed by atoms with van der Waals surface area (Å²) in [6, 6.07) is 9.18. The van der Waals surface area contributed by atoms with E-state index in [-0.39, 0.29) is 11.6 Å². The minimum absolute atomic E-state index is 0.0581. The van der Waals surface area contributed by atoms with Gasteiger partial charge in [-0.1, -0.05) is 36.8 Å². The Bertz CT molecular complexity index is 1040. The number of carboxylic acid groups (broad SMARTS) is 1. The minimum atomic E-state index is -0.966. The molecule has 0 radical (unpaired) electrons. The van der Waals surface area contributed by atoms with Crippen LogP contribution in [0.4, 0.5) is 11.4 Å². The van der Waals surface area contributed by atoms with Gasteiger partial charge in [-0.2, -0.15) is 0 Å². The number of methoxy groups -OCH3 is 1. The van der Waals surface area contributed by atoms with Crippen LogP contribution < -0.4 is 9.64 Å². The summed E-state index contributed by atoms with van der Waals surface area (Å²) < 4.78 is 5.61. The summed E-state index contributed by atoms with van der Waals surface area (Å²) >= 11 is 0. The summed E-state index contributed by atoms with van der Waals surface area (Å²) in [6.45, 7) is 2.13.